The third-order valence-electron chi connectivity index (χ3n) is 7.96. The van der Waals surface area contributed by atoms with Gasteiger partial charge in [-0.3, -0.25) is 4.90 Å². The number of nitrogens with zero attached hydrogens (tertiary/aromatic N) is 1. The number of rotatable bonds is 11. The average molecular weight is 547 g/mol. The molecule has 0 aromatic heterocycles. The van der Waals surface area contributed by atoms with Gasteiger partial charge in [-0.1, -0.05) is 70.4 Å². The number of piperidine rings is 1. The fraction of sp³-hybridized carbons (Fsp3) is 0.733. The highest BCUT2D eigenvalue weighted by atomic mass is 16.7. The molecule has 1 aromatic rings. The molecule has 0 radical (unpaired) electrons. The van der Waals surface area contributed by atoms with Crippen LogP contribution in [0.1, 0.15) is 99.0 Å². The summed E-state index contributed by atoms with van der Waals surface area (Å²) in [5, 5.41) is 0. The van der Waals surface area contributed by atoms with E-state index in [2.05, 4.69) is 0 Å². The van der Waals surface area contributed by atoms with Crippen LogP contribution in [-0.4, -0.2) is 60.0 Å². The summed E-state index contributed by atoms with van der Waals surface area (Å²) in [7, 11) is -0.297. The van der Waals surface area contributed by atoms with Gasteiger partial charge in [-0.25, -0.2) is 9.59 Å². The SMILES string of the molecule is CC.CCCCOC(=O)N1CCC(N)C[C@]1(CCCCB1OC(C)(C)C(C)(C)O1)C(=O)OCc1ccccc1. The van der Waals surface area contributed by atoms with Crippen LogP contribution in [-0.2, 0) is 30.2 Å². The Kier molecular flexibility index (Phi) is 12.8. The molecule has 2 heterocycles. The minimum atomic E-state index is -1.16. The van der Waals surface area contributed by atoms with Gasteiger partial charge in [-0.05, 0) is 65.3 Å². The lowest BCUT2D eigenvalue weighted by Gasteiger charge is -2.46. The topological polar surface area (TPSA) is 100 Å². The number of esters is 1. The van der Waals surface area contributed by atoms with E-state index < -0.39 is 17.6 Å². The van der Waals surface area contributed by atoms with Crippen molar-refractivity contribution < 1.29 is 28.4 Å². The van der Waals surface area contributed by atoms with Gasteiger partial charge in [0.05, 0.1) is 17.8 Å². The molecule has 39 heavy (non-hydrogen) atoms. The lowest BCUT2D eigenvalue weighted by molar-refractivity contribution is -0.162. The van der Waals surface area contributed by atoms with Crippen molar-refractivity contribution in [1.29, 1.82) is 0 Å². The fourth-order valence-electron chi connectivity index (χ4n) is 5.00. The van der Waals surface area contributed by atoms with Crippen LogP contribution in [0.25, 0.3) is 0 Å². The molecule has 1 amide bonds. The minimum Gasteiger partial charge on any atom is -0.459 e. The fourth-order valence-corrected chi connectivity index (χ4v) is 5.00. The van der Waals surface area contributed by atoms with Gasteiger partial charge in [0, 0.05) is 12.6 Å². The number of amides is 1. The number of carbonyl (C=O) groups excluding carboxylic acids is 2. The maximum atomic E-state index is 13.7. The number of nitrogens with two attached hydrogens (primary N) is 1. The van der Waals surface area contributed by atoms with Gasteiger partial charge >= 0.3 is 19.2 Å². The Hall–Kier alpha value is -2.10. The molecule has 0 saturated carbocycles. The minimum absolute atomic E-state index is 0.142. The van der Waals surface area contributed by atoms with E-state index >= 15 is 0 Å². The van der Waals surface area contributed by atoms with E-state index in [4.69, 9.17) is 24.5 Å². The van der Waals surface area contributed by atoms with Gasteiger partial charge in [0.15, 0.2) is 0 Å². The van der Waals surface area contributed by atoms with Crippen LogP contribution in [0.4, 0.5) is 4.79 Å². The second-order valence-electron chi connectivity index (χ2n) is 11.4. The zero-order valence-corrected chi connectivity index (χ0v) is 25.3. The molecule has 0 bridgehead atoms. The van der Waals surface area contributed by atoms with Crippen LogP contribution in [0.2, 0.25) is 6.32 Å². The van der Waals surface area contributed by atoms with Crippen molar-refractivity contribution in [3.63, 3.8) is 0 Å². The third kappa shape index (κ3) is 8.69. The van der Waals surface area contributed by atoms with Crippen molar-refractivity contribution in [1.82, 2.24) is 4.90 Å². The molecule has 2 N–H and O–H groups in total. The van der Waals surface area contributed by atoms with E-state index in [-0.39, 0.29) is 31.0 Å². The normalized spacial score (nSPS) is 23.5. The summed E-state index contributed by atoms with van der Waals surface area (Å²) in [4.78, 5) is 28.5. The second-order valence-corrected chi connectivity index (χ2v) is 11.4. The van der Waals surface area contributed by atoms with E-state index in [9.17, 15) is 9.59 Å². The Labute approximate surface area is 236 Å². The standard InChI is InChI=1S/C28H45BN2O6.C2H6/c1-6-7-19-34-25(33)31-18-15-23(30)20-28(31,24(32)35-21-22-13-9-8-10-14-22)16-11-12-17-29-36-26(2,3)27(4,5)37-29;1-2/h8-10,13-14,23H,6-7,11-12,15-21,30H2,1-5H3;1-2H3/t23?,28-;/m1./s1. The Balaban J connectivity index is 0.00000260. The molecule has 220 valence electrons. The first kappa shape index (κ1) is 33.1. The van der Waals surface area contributed by atoms with E-state index in [1.807, 2.05) is 78.8 Å². The first-order chi connectivity index (χ1) is 18.5. The predicted molar refractivity (Wildman–Crippen MR) is 155 cm³/mol. The van der Waals surface area contributed by atoms with Crippen LogP contribution >= 0.6 is 0 Å². The van der Waals surface area contributed by atoms with E-state index in [0.717, 1.165) is 24.8 Å². The molecule has 0 aliphatic carbocycles. The number of ether oxygens (including phenoxy) is 2. The van der Waals surface area contributed by atoms with Crippen molar-refractivity contribution in [2.75, 3.05) is 13.2 Å². The molecule has 1 unspecified atom stereocenters. The molecule has 1 aromatic carbocycles. The average Bonchev–Trinajstić information content (AvgIpc) is 3.12. The quantitative estimate of drug-likeness (QED) is 0.203. The zero-order valence-electron chi connectivity index (χ0n) is 25.3. The van der Waals surface area contributed by atoms with Gasteiger partial charge in [-0.15, -0.1) is 0 Å². The number of carbonyl (C=O) groups is 2. The van der Waals surface area contributed by atoms with Gasteiger partial charge in [-0.2, -0.15) is 0 Å². The Morgan fingerprint density at radius 1 is 1.03 bits per heavy atom. The monoisotopic (exact) mass is 546 g/mol. The maximum absolute atomic E-state index is 13.7. The summed E-state index contributed by atoms with van der Waals surface area (Å²) in [6.07, 6.45) is 4.80. The van der Waals surface area contributed by atoms with Gasteiger partial charge in [0.25, 0.3) is 0 Å². The summed E-state index contributed by atoms with van der Waals surface area (Å²) in [5.74, 6) is -0.422. The summed E-state index contributed by atoms with van der Waals surface area (Å²) in [6.45, 7) is 15.0. The van der Waals surface area contributed by atoms with Crippen LogP contribution in [0.3, 0.4) is 0 Å². The molecule has 8 nitrogen and oxygen atoms in total. The predicted octanol–water partition coefficient (Wildman–Crippen LogP) is 6.12. The van der Waals surface area contributed by atoms with Gasteiger partial charge in [0.2, 0.25) is 0 Å². The van der Waals surface area contributed by atoms with Crippen LogP contribution < -0.4 is 5.73 Å². The molecule has 2 aliphatic rings. The summed E-state index contributed by atoms with van der Waals surface area (Å²) in [6, 6.07) is 9.35. The lowest BCUT2D eigenvalue weighted by atomic mass is 9.77. The molecule has 0 spiro atoms. The van der Waals surface area contributed by atoms with Crippen LogP contribution in [0.15, 0.2) is 30.3 Å². The summed E-state index contributed by atoms with van der Waals surface area (Å²) in [5.41, 5.74) is 5.35. The summed E-state index contributed by atoms with van der Waals surface area (Å²) >= 11 is 0. The smallest absolute Gasteiger partial charge is 0.457 e. The number of unbranched alkanes of at least 4 members (excludes halogenated alkanes) is 2. The van der Waals surface area contributed by atoms with Gasteiger partial charge in [0.1, 0.15) is 12.1 Å². The number of likely N-dealkylation sites (tertiary alicyclic amines) is 1. The van der Waals surface area contributed by atoms with Crippen molar-refractivity contribution in [2.24, 2.45) is 5.73 Å². The van der Waals surface area contributed by atoms with E-state index in [1.54, 1.807) is 4.90 Å². The highest BCUT2D eigenvalue weighted by Gasteiger charge is 2.52. The Morgan fingerprint density at radius 2 is 1.67 bits per heavy atom. The molecular weight excluding hydrogens is 495 g/mol. The molecule has 2 saturated heterocycles. The van der Waals surface area contributed by atoms with Crippen LogP contribution in [0.5, 0.6) is 0 Å². The first-order valence-corrected chi connectivity index (χ1v) is 14.8. The van der Waals surface area contributed by atoms with Crippen LogP contribution in [0, 0.1) is 0 Å². The molecule has 2 atom stereocenters. The highest BCUT2D eigenvalue weighted by molar-refractivity contribution is 6.45. The number of hydrogen-bond acceptors (Lipinski definition) is 7. The van der Waals surface area contributed by atoms with E-state index in [0.29, 0.717) is 45.2 Å². The van der Waals surface area contributed by atoms with E-state index in [1.165, 1.54) is 0 Å². The molecule has 9 heteroatoms. The Bertz CT molecular complexity index is 881. The van der Waals surface area contributed by atoms with Crippen molar-refractivity contribution in [2.45, 2.75) is 129 Å². The largest absolute Gasteiger partial charge is 0.459 e. The summed E-state index contributed by atoms with van der Waals surface area (Å²) < 4.78 is 23.6. The third-order valence-corrected chi connectivity index (χ3v) is 7.96. The molecule has 2 fully saturated rings. The Morgan fingerprint density at radius 3 is 2.28 bits per heavy atom. The number of hydrogen-bond donors (Lipinski definition) is 1. The number of benzene rings is 1. The molecule has 2 aliphatic heterocycles. The first-order valence-electron chi connectivity index (χ1n) is 14.8. The zero-order chi connectivity index (χ0) is 29.1. The van der Waals surface area contributed by atoms with Crippen molar-refractivity contribution >= 4 is 19.2 Å². The lowest BCUT2D eigenvalue weighted by Crippen LogP contribution is -2.63. The second kappa shape index (κ2) is 15.1. The molecule has 3 rings (SSSR count). The highest BCUT2D eigenvalue weighted by Crippen LogP contribution is 2.39. The maximum Gasteiger partial charge on any atom is 0.457 e. The van der Waals surface area contributed by atoms with Crippen molar-refractivity contribution in [3.05, 3.63) is 35.9 Å². The van der Waals surface area contributed by atoms with Gasteiger partial charge < -0.3 is 24.5 Å². The van der Waals surface area contributed by atoms with Crippen molar-refractivity contribution in [3.8, 4) is 0 Å². The molecular formula is C30H51BN2O6.